The summed E-state index contributed by atoms with van der Waals surface area (Å²) < 4.78 is 11.1. The summed E-state index contributed by atoms with van der Waals surface area (Å²) in [7, 11) is 0. The van der Waals surface area contributed by atoms with Gasteiger partial charge in [0.2, 0.25) is 5.91 Å². The van der Waals surface area contributed by atoms with Gasteiger partial charge in [0.25, 0.3) is 0 Å². The summed E-state index contributed by atoms with van der Waals surface area (Å²) >= 11 is 0. The number of hydrogen-bond acceptors (Lipinski definition) is 4. The lowest BCUT2D eigenvalue weighted by atomic mass is 10.1. The van der Waals surface area contributed by atoms with Crippen molar-refractivity contribution in [1.29, 1.82) is 0 Å². The average Bonchev–Trinajstić information content (AvgIpc) is 3.38. The number of rotatable bonds is 10. The first kappa shape index (κ1) is 24.9. The first-order valence-corrected chi connectivity index (χ1v) is 10.8. The van der Waals surface area contributed by atoms with E-state index < -0.39 is 0 Å². The van der Waals surface area contributed by atoms with Gasteiger partial charge >= 0.3 is 0 Å². The van der Waals surface area contributed by atoms with Gasteiger partial charge in [-0.05, 0) is 37.3 Å². The van der Waals surface area contributed by atoms with Gasteiger partial charge in [0.15, 0.2) is 5.96 Å². The predicted molar refractivity (Wildman–Crippen MR) is 129 cm³/mol. The van der Waals surface area contributed by atoms with E-state index in [2.05, 4.69) is 35.8 Å². The molecule has 0 spiro atoms. The van der Waals surface area contributed by atoms with Crippen molar-refractivity contribution in [1.82, 2.24) is 15.5 Å². The van der Waals surface area contributed by atoms with Gasteiger partial charge in [-0.25, -0.2) is 4.99 Å². The molecular weight excluding hydrogens is 495 g/mol. The van der Waals surface area contributed by atoms with E-state index in [9.17, 15) is 4.79 Å². The second-order valence-electron chi connectivity index (χ2n) is 7.57. The van der Waals surface area contributed by atoms with E-state index in [-0.39, 0.29) is 36.0 Å². The van der Waals surface area contributed by atoms with E-state index in [1.807, 2.05) is 11.0 Å². The number of guanidine groups is 1. The van der Waals surface area contributed by atoms with Crippen LogP contribution in [0.2, 0.25) is 0 Å². The quantitative estimate of drug-likeness (QED) is 0.211. The molecule has 1 atom stereocenters. The normalized spacial score (nSPS) is 19.1. The van der Waals surface area contributed by atoms with Crippen molar-refractivity contribution >= 4 is 35.8 Å². The highest BCUT2D eigenvalue weighted by Crippen LogP contribution is 2.15. The first-order valence-electron chi connectivity index (χ1n) is 10.8. The lowest BCUT2D eigenvalue weighted by Gasteiger charge is -2.16. The van der Waals surface area contributed by atoms with Crippen LogP contribution >= 0.6 is 24.0 Å². The molecule has 2 N–H and O–H groups in total. The van der Waals surface area contributed by atoms with Gasteiger partial charge in [-0.15, -0.1) is 24.0 Å². The number of nitrogens with one attached hydrogen (secondary N) is 2. The molecule has 2 aliphatic rings. The van der Waals surface area contributed by atoms with Gasteiger partial charge in [0, 0.05) is 45.8 Å². The van der Waals surface area contributed by atoms with Crippen molar-refractivity contribution in [2.45, 2.75) is 51.8 Å². The van der Waals surface area contributed by atoms with Crippen molar-refractivity contribution in [3.05, 3.63) is 35.4 Å². The Bertz CT molecular complexity index is 680. The number of aliphatic imine (C=N–C) groups is 1. The van der Waals surface area contributed by atoms with Gasteiger partial charge in [0.1, 0.15) is 0 Å². The van der Waals surface area contributed by atoms with Crippen LogP contribution in [0.25, 0.3) is 0 Å². The Balaban J connectivity index is 0.00000320. The Labute approximate surface area is 197 Å². The van der Waals surface area contributed by atoms with Gasteiger partial charge in [-0.1, -0.05) is 24.3 Å². The summed E-state index contributed by atoms with van der Waals surface area (Å²) in [5.41, 5.74) is 2.31. The fraction of sp³-hybridized carbons (Fsp3) is 0.636. The predicted octanol–water partition coefficient (Wildman–Crippen LogP) is 2.68. The third-order valence-corrected chi connectivity index (χ3v) is 5.16. The third kappa shape index (κ3) is 8.39. The number of nitrogens with zero attached hydrogens (tertiary/aromatic N) is 2. The molecule has 8 heteroatoms. The zero-order chi connectivity index (χ0) is 20.3. The minimum atomic E-state index is 0. The van der Waals surface area contributed by atoms with Crippen LogP contribution in [-0.4, -0.2) is 62.3 Å². The SMILES string of the molecule is CCNC(=NCc1cccc(CN2CCCC2=O)c1)NCCCOC1CCOC1.I. The fourth-order valence-electron chi connectivity index (χ4n) is 3.60. The minimum Gasteiger partial charge on any atom is -0.379 e. The maximum atomic E-state index is 11.8. The molecule has 2 fully saturated rings. The Morgan fingerprint density at radius 3 is 2.93 bits per heavy atom. The largest absolute Gasteiger partial charge is 0.379 e. The van der Waals surface area contributed by atoms with Crippen LogP contribution in [-0.2, 0) is 27.4 Å². The highest BCUT2D eigenvalue weighted by molar-refractivity contribution is 14.0. The Hall–Kier alpha value is -1.39. The second kappa shape index (κ2) is 13.8. The molecule has 0 bridgehead atoms. The number of likely N-dealkylation sites (tertiary alicyclic amines) is 1. The van der Waals surface area contributed by atoms with Gasteiger partial charge in [0.05, 0.1) is 19.3 Å². The molecule has 2 saturated heterocycles. The van der Waals surface area contributed by atoms with E-state index in [1.165, 1.54) is 5.56 Å². The number of ether oxygens (including phenoxy) is 2. The Kier molecular flexibility index (Phi) is 11.5. The zero-order valence-corrected chi connectivity index (χ0v) is 20.2. The van der Waals surface area contributed by atoms with Crippen molar-refractivity contribution < 1.29 is 14.3 Å². The number of amides is 1. The first-order chi connectivity index (χ1) is 14.2. The van der Waals surface area contributed by atoms with E-state index in [0.29, 0.717) is 19.5 Å². The van der Waals surface area contributed by atoms with Crippen molar-refractivity contribution in [2.24, 2.45) is 4.99 Å². The van der Waals surface area contributed by atoms with Gasteiger partial charge in [-0.2, -0.15) is 0 Å². The molecule has 1 amide bonds. The van der Waals surface area contributed by atoms with Crippen LogP contribution < -0.4 is 10.6 Å². The summed E-state index contributed by atoms with van der Waals surface area (Å²) in [6.07, 6.45) is 3.85. The van der Waals surface area contributed by atoms with E-state index in [4.69, 9.17) is 14.5 Å². The molecule has 30 heavy (non-hydrogen) atoms. The number of hydrogen-bond donors (Lipinski definition) is 2. The summed E-state index contributed by atoms with van der Waals surface area (Å²) in [5.74, 6) is 1.08. The summed E-state index contributed by atoms with van der Waals surface area (Å²) in [6.45, 7) is 8.14. The second-order valence-corrected chi connectivity index (χ2v) is 7.57. The molecule has 1 aromatic rings. The lowest BCUT2D eigenvalue weighted by Crippen LogP contribution is -2.38. The van der Waals surface area contributed by atoms with Crippen LogP contribution in [0.5, 0.6) is 0 Å². The Morgan fingerprint density at radius 2 is 2.20 bits per heavy atom. The fourth-order valence-corrected chi connectivity index (χ4v) is 3.60. The zero-order valence-electron chi connectivity index (χ0n) is 17.9. The molecule has 2 aliphatic heterocycles. The lowest BCUT2D eigenvalue weighted by molar-refractivity contribution is -0.128. The van der Waals surface area contributed by atoms with Crippen molar-refractivity contribution in [3.63, 3.8) is 0 Å². The molecule has 3 rings (SSSR count). The third-order valence-electron chi connectivity index (χ3n) is 5.16. The van der Waals surface area contributed by atoms with Crippen LogP contribution in [0.4, 0.5) is 0 Å². The van der Waals surface area contributed by atoms with E-state index >= 15 is 0 Å². The van der Waals surface area contributed by atoms with Crippen molar-refractivity contribution in [2.75, 3.05) is 39.5 Å². The molecule has 0 radical (unpaired) electrons. The molecule has 1 aromatic carbocycles. The number of halogens is 1. The smallest absolute Gasteiger partial charge is 0.222 e. The maximum absolute atomic E-state index is 11.8. The molecule has 168 valence electrons. The highest BCUT2D eigenvalue weighted by Gasteiger charge is 2.20. The highest BCUT2D eigenvalue weighted by atomic mass is 127. The van der Waals surface area contributed by atoms with Crippen LogP contribution in [0, 0.1) is 0 Å². The Morgan fingerprint density at radius 1 is 1.33 bits per heavy atom. The standard InChI is InChI=1S/C22H34N4O3.HI/c1-2-23-22(24-10-5-12-29-20-9-13-28-17-20)25-15-18-6-3-7-19(14-18)16-26-11-4-8-21(26)27;/h3,6-7,14,20H,2,4-5,8-13,15-17H2,1H3,(H2,23,24,25);1H. The maximum Gasteiger partial charge on any atom is 0.222 e. The van der Waals surface area contributed by atoms with E-state index in [0.717, 1.165) is 70.2 Å². The molecule has 7 nitrogen and oxygen atoms in total. The number of carbonyl (C=O) groups is 1. The molecule has 0 aliphatic carbocycles. The molecular formula is C22H35IN4O3. The van der Waals surface area contributed by atoms with Gasteiger partial charge < -0.3 is 25.0 Å². The monoisotopic (exact) mass is 530 g/mol. The van der Waals surface area contributed by atoms with Crippen LogP contribution in [0.3, 0.4) is 0 Å². The van der Waals surface area contributed by atoms with Crippen LogP contribution in [0.15, 0.2) is 29.3 Å². The molecule has 0 aromatic heterocycles. The molecule has 1 unspecified atom stereocenters. The topological polar surface area (TPSA) is 75.2 Å². The van der Waals surface area contributed by atoms with Crippen LogP contribution in [0.1, 0.15) is 43.7 Å². The van der Waals surface area contributed by atoms with Gasteiger partial charge in [-0.3, -0.25) is 4.79 Å². The average molecular weight is 530 g/mol. The molecule has 0 saturated carbocycles. The summed E-state index contributed by atoms with van der Waals surface area (Å²) in [6, 6.07) is 8.36. The molecule has 2 heterocycles. The minimum absolute atomic E-state index is 0. The van der Waals surface area contributed by atoms with E-state index in [1.54, 1.807) is 0 Å². The van der Waals surface area contributed by atoms with Crippen molar-refractivity contribution in [3.8, 4) is 0 Å². The summed E-state index contributed by atoms with van der Waals surface area (Å²) in [4.78, 5) is 18.5. The summed E-state index contributed by atoms with van der Waals surface area (Å²) in [5, 5.41) is 6.66. The number of benzene rings is 1. The number of carbonyl (C=O) groups excluding carboxylic acids is 1.